The van der Waals surface area contributed by atoms with Crippen molar-refractivity contribution in [3.63, 3.8) is 0 Å². The fourth-order valence-corrected chi connectivity index (χ4v) is 2.30. The number of ether oxygens (including phenoxy) is 1. The van der Waals surface area contributed by atoms with Gasteiger partial charge in [0.15, 0.2) is 0 Å². The molecular weight excluding hydrogens is 194 g/mol. The quantitative estimate of drug-likeness (QED) is 0.713. The van der Waals surface area contributed by atoms with Crippen LogP contribution in [0.4, 0.5) is 4.79 Å². The molecule has 0 bridgehead atoms. The van der Waals surface area contributed by atoms with Crippen molar-refractivity contribution in [2.75, 3.05) is 19.7 Å². The van der Waals surface area contributed by atoms with Gasteiger partial charge in [-0.1, -0.05) is 0 Å². The zero-order valence-electron chi connectivity index (χ0n) is 9.62. The van der Waals surface area contributed by atoms with E-state index in [-0.39, 0.29) is 18.1 Å². The lowest BCUT2D eigenvalue weighted by molar-refractivity contribution is 0.0252. The zero-order valence-corrected chi connectivity index (χ0v) is 9.62. The highest BCUT2D eigenvalue weighted by Gasteiger charge is 2.60. The molecule has 1 N–H and O–H groups in total. The standard InChI is InChI=1S/C11H19NO3/c1-10(2,3)15-9(14)12-5-8-4-11(8,6-12)7-13/h8,13H,4-7H2,1-3H3/t8-,11-/m1/s1. The minimum Gasteiger partial charge on any atom is -0.444 e. The maximum absolute atomic E-state index is 11.7. The van der Waals surface area contributed by atoms with Crippen LogP contribution in [0.1, 0.15) is 27.2 Å². The number of amides is 1. The van der Waals surface area contributed by atoms with Gasteiger partial charge in [-0.3, -0.25) is 0 Å². The largest absolute Gasteiger partial charge is 0.444 e. The fraction of sp³-hybridized carbons (Fsp3) is 0.909. The first-order valence-corrected chi connectivity index (χ1v) is 5.45. The first kappa shape index (κ1) is 10.7. The number of carbonyl (C=O) groups excluding carboxylic acids is 1. The molecule has 1 aliphatic heterocycles. The number of fused-ring (bicyclic) bond motifs is 1. The van der Waals surface area contributed by atoms with E-state index < -0.39 is 5.60 Å². The van der Waals surface area contributed by atoms with Crippen molar-refractivity contribution >= 4 is 6.09 Å². The van der Waals surface area contributed by atoms with Crippen molar-refractivity contribution < 1.29 is 14.6 Å². The number of hydrogen-bond donors (Lipinski definition) is 1. The van der Waals surface area contributed by atoms with Crippen molar-refractivity contribution in [3.05, 3.63) is 0 Å². The lowest BCUT2D eigenvalue weighted by Gasteiger charge is -2.26. The average Bonchev–Trinajstić information content (AvgIpc) is 2.66. The first-order valence-electron chi connectivity index (χ1n) is 5.45. The molecule has 4 nitrogen and oxygen atoms in total. The summed E-state index contributed by atoms with van der Waals surface area (Å²) in [6, 6.07) is 0. The smallest absolute Gasteiger partial charge is 0.410 e. The summed E-state index contributed by atoms with van der Waals surface area (Å²) in [4.78, 5) is 13.4. The van der Waals surface area contributed by atoms with Gasteiger partial charge in [-0.25, -0.2) is 4.79 Å². The van der Waals surface area contributed by atoms with Crippen LogP contribution in [0.15, 0.2) is 0 Å². The van der Waals surface area contributed by atoms with Crippen LogP contribution in [0, 0.1) is 11.3 Å². The van der Waals surface area contributed by atoms with Gasteiger partial charge in [0, 0.05) is 18.5 Å². The van der Waals surface area contributed by atoms with E-state index in [1.54, 1.807) is 4.90 Å². The minimum absolute atomic E-state index is 0.0108. The van der Waals surface area contributed by atoms with Gasteiger partial charge in [0.25, 0.3) is 0 Å². The van der Waals surface area contributed by atoms with Crippen molar-refractivity contribution in [1.29, 1.82) is 0 Å². The second-order valence-electron chi connectivity index (χ2n) is 5.78. The van der Waals surface area contributed by atoms with Gasteiger partial charge in [-0.15, -0.1) is 0 Å². The second-order valence-corrected chi connectivity index (χ2v) is 5.78. The summed E-state index contributed by atoms with van der Waals surface area (Å²) < 4.78 is 5.29. The Kier molecular flexibility index (Phi) is 2.23. The van der Waals surface area contributed by atoms with Gasteiger partial charge in [-0.2, -0.15) is 0 Å². The van der Waals surface area contributed by atoms with Crippen molar-refractivity contribution in [2.45, 2.75) is 32.8 Å². The Balaban J connectivity index is 1.90. The van der Waals surface area contributed by atoms with Crippen molar-refractivity contribution in [2.24, 2.45) is 11.3 Å². The molecule has 1 aliphatic carbocycles. The highest BCUT2D eigenvalue weighted by atomic mass is 16.6. The normalized spacial score (nSPS) is 33.9. The number of piperidine rings is 1. The van der Waals surface area contributed by atoms with Crippen LogP contribution >= 0.6 is 0 Å². The van der Waals surface area contributed by atoms with Gasteiger partial charge in [0.05, 0.1) is 6.61 Å². The van der Waals surface area contributed by atoms with Crippen molar-refractivity contribution in [3.8, 4) is 0 Å². The molecule has 0 aromatic rings. The maximum Gasteiger partial charge on any atom is 0.410 e. The average molecular weight is 213 g/mol. The molecule has 0 spiro atoms. The molecule has 2 rings (SSSR count). The summed E-state index contributed by atoms with van der Waals surface area (Å²) in [5.41, 5.74) is -0.423. The van der Waals surface area contributed by atoms with Gasteiger partial charge < -0.3 is 14.7 Å². The third-order valence-corrected chi connectivity index (χ3v) is 3.27. The number of carbonyl (C=O) groups is 1. The summed E-state index contributed by atoms with van der Waals surface area (Å²) in [5, 5.41) is 9.22. The number of aliphatic hydroxyl groups excluding tert-OH is 1. The zero-order chi connectivity index (χ0) is 11.3. The van der Waals surface area contributed by atoms with Gasteiger partial charge in [0.1, 0.15) is 5.60 Å². The monoisotopic (exact) mass is 213 g/mol. The highest BCUT2D eigenvalue weighted by molar-refractivity contribution is 5.69. The predicted octanol–water partition coefficient (Wildman–Crippen LogP) is 1.24. The van der Waals surface area contributed by atoms with Gasteiger partial charge in [-0.05, 0) is 33.1 Å². The lowest BCUT2D eigenvalue weighted by Crippen LogP contribution is -2.37. The number of nitrogens with zero attached hydrogens (tertiary/aromatic N) is 1. The molecule has 0 unspecified atom stereocenters. The lowest BCUT2D eigenvalue weighted by atomic mass is 10.1. The molecule has 1 amide bonds. The van der Waals surface area contributed by atoms with Crippen LogP contribution in [0.3, 0.4) is 0 Å². The Labute approximate surface area is 90.2 Å². The van der Waals surface area contributed by atoms with Crippen LogP contribution in [0.5, 0.6) is 0 Å². The highest BCUT2D eigenvalue weighted by Crippen LogP contribution is 2.57. The Bertz CT molecular complexity index is 280. The molecule has 2 fully saturated rings. The SMILES string of the molecule is CC(C)(C)OC(=O)N1C[C@H]2C[C@]2(CO)C1. The Morgan fingerprint density at radius 2 is 2.27 bits per heavy atom. The third-order valence-electron chi connectivity index (χ3n) is 3.27. The third kappa shape index (κ3) is 1.95. The Morgan fingerprint density at radius 1 is 1.60 bits per heavy atom. The molecule has 2 aliphatic rings. The van der Waals surface area contributed by atoms with E-state index in [0.717, 1.165) is 13.0 Å². The minimum atomic E-state index is -0.434. The summed E-state index contributed by atoms with van der Waals surface area (Å²) in [6.07, 6.45) is 0.811. The summed E-state index contributed by atoms with van der Waals surface area (Å²) in [7, 11) is 0. The first-order chi connectivity index (χ1) is 6.86. The van der Waals surface area contributed by atoms with Crippen LogP contribution in [0.2, 0.25) is 0 Å². The van der Waals surface area contributed by atoms with E-state index in [9.17, 15) is 9.90 Å². The summed E-state index contributed by atoms with van der Waals surface area (Å²) in [6.45, 7) is 7.19. The number of likely N-dealkylation sites (tertiary alicyclic amines) is 1. The Hall–Kier alpha value is -0.770. The molecule has 2 atom stereocenters. The molecule has 0 aromatic carbocycles. The number of aliphatic hydroxyl groups is 1. The predicted molar refractivity (Wildman–Crippen MR) is 55.4 cm³/mol. The Morgan fingerprint density at radius 3 is 2.73 bits per heavy atom. The molecule has 86 valence electrons. The summed E-state index contributed by atoms with van der Waals surface area (Å²) in [5.74, 6) is 0.495. The van der Waals surface area contributed by atoms with Gasteiger partial charge >= 0.3 is 6.09 Å². The van der Waals surface area contributed by atoms with E-state index in [1.165, 1.54) is 0 Å². The molecule has 1 saturated heterocycles. The molecule has 1 saturated carbocycles. The van der Waals surface area contributed by atoms with Gasteiger partial charge in [0.2, 0.25) is 0 Å². The second kappa shape index (κ2) is 3.11. The van der Waals surface area contributed by atoms with Crippen LogP contribution in [0.25, 0.3) is 0 Å². The maximum atomic E-state index is 11.7. The number of rotatable bonds is 1. The molecular formula is C11H19NO3. The molecule has 15 heavy (non-hydrogen) atoms. The van der Waals surface area contributed by atoms with E-state index in [0.29, 0.717) is 12.5 Å². The molecule has 0 radical (unpaired) electrons. The number of hydrogen-bond acceptors (Lipinski definition) is 3. The van der Waals surface area contributed by atoms with E-state index in [4.69, 9.17) is 4.74 Å². The molecule has 4 heteroatoms. The van der Waals surface area contributed by atoms with E-state index >= 15 is 0 Å². The summed E-state index contributed by atoms with van der Waals surface area (Å²) >= 11 is 0. The topological polar surface area (TPSA) is 49.8 Å². The molecule has 0 aromatic heterocycles. The van der Waals surface area contributed by atoms with Crippen molar-refractivity contribution in [1.82, 2.24) is 4.90 Å². The molecule has 1 heterocycles. The van der Waals surface area contributed by atoms with E-state index in [1.807, 2.05) is 20.8 Å². The van der Waals surface area contributed by atoms with Crippen LogP contribution < -0.4 is 0 Å². The van der Waals surface area contributed by atoms with E-state index in [2.05, 4.69) is 0 Å². The van der Waals surface area contributed by atoms with Crippen LogP contribution in [-0.4, -0.2) is 41.4 Å². The fourth-order valence-electron chi connectivity index (χ4n) is 2.30. The van der Waals surface area contributed by atoms with Crippen LogP contribution in [-0.2, 0) is 4.74 Å².